The van der Waals surface area contributed by atoms with Crippen LogP contribution in [0.2, 0.25) is 0 Å². The third kappa shape index (κ3) is 1.45. The van der Waals surface area contributed by atoms with Crippen LogP contribution < -0.4 is 9.47 Å². The number of phenolic OH excluding ortho intramolecular Hbond substituents is 1. The molecule has 0 amide bonds. The lowest BCUT2D eigenvalue weighted by Gasteiger charge is -2.04. The van der Waals surface area contributed by atoms with Crippen molar-refractivity contribution < 1.29 is 29.0 Å². The minimum absolute atomic E-state index is 0.0371. The predicted octanol–water partition coefficient (Wildman–Crippen LogP) is 1.47. The van der Waals surface area contributed by atoms with Crippen LogP contribution in [0.5, 0.6) is 17.2 Å². The van der Waals surface area contributed by atoms with Crippen LogP contribution in [0.4, 0.5) is 0 Å². The fourth-order valence-electron chi connectivity index (χ4n) is 1.70. The number of aromatic hydroxyl groups is 1. The summed E-state index contributed by atoms with van der Waals surface area (Å²) in [5.74, 6) is -0.869. The van der Waals surface area contributed by atoms with Crippen LogP contribution in [0.25, 0.3) is 11.3 Å². The standard InChI is InChI=1S/C11H7NO6/c13-6-1-2-7-10(17-4-16-7)9(6)5-3-8(11(14)15)18-12-5/h1-3,13H,4H2,(H,14,15). The van der Waals surface area contributed by atoms with Gasteiger partial charge in [0, 0.05) is 6.07 Å². The van der Waals surface area contributed by atoms with Gasteiger partial charge in [0.2, 0.25) is 12.6 Å². The smallest absolute Gasteiger partial charge is 0.374 e. The Kier molecular flexibility index (Phi) is 2.12. The average molecular weight is 249 g/mol. The van der Waals surface area contributed by atoms with Gasteiger partial charge in [-0.1, -0.05) is 5.16 Å². The number of nitrogens with zero attached hydrogens (tertiary/aromatic N) is 1. The molecule has 0 saturated heterocycles. The van der Waals surface area contributed by atoms with E-state index in [-0.39, 0.29) is 29.6 Å². The molecule has 2 N–H and O–H groups in total. The van der Waals surface area contributed by atoms with Crippen molar-refractivity contribution in [2.75, 3.05) is 6.79 Å². The zero-order valence-corrected chi connectivity index (χ0v) is 8.91. The van der Waals surface area contributed by atoms with Gasteiger partial charge in [0.25, 0.3) is 0 Å². The molecule has 0 bridgehead atoms. The van der Waals surface area contributed by atoms with E-state index in [9.17, 15) is 9.90 Å². The van der Waals surface area contributed by atoms with E-state index in [2.05, 4.69) is 9.68 Å². The highest BCUT2D eigenvalue weighted by atomic mass is 16.7. The number of hydrogen-bond acceptors (Lipinski definition) is 6. The molecule has 0 fully saturated rings. The third-order valence-corrected chi connectivity index (χ3v) is 2.49. The Bertz CT molecular complexity index is 632. The Morgan fingerprint density at radius 3 is 2.89 bits per heavy atom. The molecule has 92 valence electrons. The maximum atomic E-state index is 10.7. The van der Waals surface area contributed by atoms with E-state index < -0.39 is 5.97 Å². The van der Waals surface area contributed by atoms with Crippen molar-refractivity contribution in [3.63, 3.8) is 0 Å². The zero-order chi connectivity index (χ0) is 12.7. The molecule has 1 aliphatic rings. The maximum Gasteiger partial charge on any atom is 0.374 e. The average Bonchev–Trinajstić information content (AvgIpc) is 2.95. The first-order chi connectivity index (χ1) is 8.66. The molecule has 0 unspecified atom stereocenters. The van der Waals surface area contributed by atoms with Crippen LogP contribution in [0, 0.1) is 0 Å². The lowest BCUT2D eigenvalue weighted by molar-refractivity contribution is 0.0652. The van der Waals surface area contributed by atoms with Crippen molar-refractivity contribution in [1.82, 2.24) is 5.16 Å². The summed E-state index contributed by atoms with van der Waals surface area (Å²) in [6.07, 6.45) is 0. The highest BCUT2D eigenvalue weighted by molar-refractivity contribution is 5.87. The number of ether oxygens (including phenoxy) is 2. The second-order valence-electron chi connectivity index (χ2n) is 3.58. The van der Waals surface area contributed by atoms with Crippen LogP contribution >= 0.6 is 0 Å². The van der Waals surface area contributed by atoms with Crippen molar-refractivity contribution >= 4 is 5.97 Å². The summed E-state index contributed by atoms with van der Waals surface area (Å²) in [5.41, 5.74) is 0.425. The van der Waals surface area contributed by atoms with Crippen molar-refractivity contribution in [1.29, 1.82) is 0 Å². The fraction of sp³-hybridized carbons (Fsp3) is 0.0909. The van der Waals surface area contributed by atoms with Crippen LogP contribution in [0.1, 0.15) is 10.6 Å². The minimum atomic E-state index is -1.24. The molecule has 0 radical (unpaired) electrons. The lowest BCUT2D eigenvalue weighted by atomic mass is 10.1. The number of aromatic carboxylic acids is 1. The van der Waals surface area contributed by atoms with Gasteiger partial charge in [-0.25, -0.2) is 4.79 Å². The number of carboxylic acids is 1. The zero-order valence-electron chi connectivity index (χ0n) is 8.91. The van der Waals surface area contributed by atoms with Gasteiger partial charge in [-0.15, -0.1) is 0 Å². The quantitative estimate of drug-likeness (QED) is 0.830. The molecule has 1 aliphatic heterocycles. The summed E-state index contributed by atoms with van der Waals surface area (Å²) in [7, 11) is 0. The van der Waals surface area contributed by atoms with Gasteiger partial charge in [0.15, 0.2) is 11.5 Å². The second-order valence-corrected chi connectivity index (χ2v) is 3.58. The largest absolute Gasteiger partial charge is 0.507 e. The number of aromatic nitrogens is 1. The number of benzene rings is 1. The van der Waals surface area contributed by atoms with Gasteiger partial charge in [0.1, 0.15) is 11.4 Å². The number of fused-ring (bicyclic) bond motifs is 1. The SMILES string of the molecule is O=C(O)c1cc(-c2c(O)ccc3c2OCO3)no1. The molecular formula is C11H7NO6. The van der Waals surface area contributed by atoms with E-state index in [4.69, 9.17) is 14.6 Å². The molecule has 1 aromatic heterocycles. The molecule has 2 heterocycles. The summed E-state index contributed by atoms with van der Waals surface area (Å²) < 4.78 is 15.0. The summed E-state index contributed by atoms with van der Waals surface area (Å²) >= 11 is 0. The van der Waals surface area contributed by atoms with Crippen LogP contribution in [0.3, 0.4) is 0 Å². The van der Waals surface area contributed by atoms with Crippen LogP contribution in [-0.4, -0.2) is 28.1 Å². The van der Waals surface area contributed by atoms with E-state index in [1.54, 1.807) is 6.07 Å². The molecule has 18 heavy (non-hydrogen) atoms. The molecule has 1 aromatic carbocycles. The van der Waals surface area contributed by atoms with Crippen LogP contribution in [0.15, 0.2) is 22.7 Å². The summed E-state index contributed by atoms with van der Waals surface area (Å²) in [6, 6.07) is 4.18. The molecule has 0 atom stereocenters. The molecule has 0 spiro atoms. The topological polar surface area (TPSA) is 102 Å². The first-order valence-electron chi connectivity index (χ1n) is 4.99. The van der Waals surface area contributed by atoms with Crippen molar-refractivity contribution in [2.45, 2.75) is 0 Å². The Morgan fingerprint density at radius 1 is 1.33 bits per heavy atom. The first kappa shape index (κ1) is 10.5. The maximum absolute atomic E-state index is 10.7. The Hall–Kier alpha value is -2.70. The summed E-state index contributed by atoms with van der Waals surface area (Å²) in [5, 5.41) is 22.2. The van der Waals surface area contributed by atoms with E-state index in [1.807, 2.05) is 0 Å². The Balaban J connectivity index is 2.16. The van der Waals surface area contributed by atoms with E-state index in [0.29, 0.717) is 11.5 Å². The highest BCUT2D eigenvalue weighted by Crippen LogP contribution is 2.45. The highest BCUT2D eigenvalue weighted by Gasteiger charge is 2.25. The van der Waals surface area contributed by atoms with Crippen molar-refractivity contribution in [2.24, 2.45) is 0 Å². The van der Waals surface area contributed by atoms with E-state index >= 15 is 0 Å². The molecule has 7 nitrogen and oxygen atoms in total. The van der Waals surface area contributed by atoms with Crippen molar-refractivity contribution in [3.8, 4) is 28.5 Å². The molecule has 7 heteroatoms. The normalized spacial score (nSPS) is 12.7. The first-order valence-corrected chi connectivity index (χ1v) is 4.99. The Labute approximate surface area is 100 Å². The molecular weight excluding hydrogens is 242 g/mol. The van der Waals surface area contributed by atoms with Gasteiger partial charge in [-0.3, -0.25) is 0 Å². The lowest BCUT2D eigenvalue weighted by Crippen LogP contribution is -1.93. The monoisotopic (exact) mass is 249 g/mol. The molecule has 2 aromatic rings. The number of phenols is 1. The van der Waals surface area contributed by atoms with Gasteiger partial charge in [-0.05, 0) is 12.1 Å². The molecule has 0 aliphatic carbocycles. The molecule has 3 rings (SSSR count). The summed E-state index contributed by atoms with van der Waals surface area (Å²) in [4.78, 5) is 10.7. The van der Waals surface area contributed by atoms with Gasteiger partial charge >= 0.3 is 5.97 Å². The number of carboxylic acid groups (broad SMARTS) is 1. The number of rotatable bonds is 2. The third-order valence-electron chi connectivity index (χ3n) is 2.49. The van der Waals surface area contributed by atoms with Gasteiger partial charge in [0.05, 0.1) is 5.56 Å². The van der Waals surface area contributed by atoms with Crippen LogP contribution in [-0.2, 0) is 0 Å². The van der Waals surface area contributed by atoms with Crippen molar-refractivity contribution in [3.05, 3.63) is 24.0 Å². The second kappa shape index (κ2) is 3.66. The number of hydrogen-bond donors (Lipinski definition) is 2. The fourth-order valence-corrected chi connectivity index (χ4v) is 1.70. The van der Waals surface area contributed by atoms with Gasteiger partial charge < -0.3 is 24.2 Å². The minimum Gasteiger partial charge on any atom is -0.507 e. The number of carbonyl (C=O) groups is 1. The van der Waals surface area contributed by atoms with E-state index in [0.717, 1.165) is 0 Å². The van der Waals surface area contributed by atoms with Gasteiger partial charge in [-0.2, -0.15) is 0 Å². The van der Waals surface area contributed by atoms with E-state index in [1.165, 1.54) is 12.1 Å². The molecule has 0 saturated carbocycles. The Morgan fingerprint density at radius 2 is 2.17 bits per heavy atom. The summed E-state index contributed by atoms with van der Waals surface area (Å²) in [6.45, 7) is 0.0371. The predicted molar refractivity (Wildman–Crippen MR) is 56.7 cm³/mol.